The molecule has 33 heavy (non-hydrogen) atoms. The highest BCUT2D eigenvalue weighted by Gasteiger charge is 2.59. The minimum Gasteiger partial charge on any atom is -0.459 e. The molecule has 2 aliphatic rings. The van der Waals surface area contributed by atoms with Gasteiger partial charge in [-0.3, -0.25) is 9.36 Å². The first-order chi connectivity index (χ1) is 15.6. The van der Waals surface area contributed by atoms with Crippen molar-refractivity contribution in [3.63, 3.8) is 0 Å². The first kappa shape index (κ1) is 25.8. The molecular weight excluding hydrogens is 455 g/mol. The summed E-state index contributed by atoms with van der Waals surface area (Å²) in [4.78, 5) is 24.7. The van der Waals surface area contributed by atoms with Gasteiger partial charge in [0.15, 0.2) is 24.3 Å². The molecule has 1 aromatic rings. The molecule has 0 unspecified atom stereocenters. The lowest BCUT2D eigenvalue weighted by atomic mass is 10.1. The van der Waals surface area contributed by atoms with Gasteiger partial charge in [-0.25, -0.2) is 4.79 Å². The number of hydrogen-bond donors (Lipinski definition) is 0. The molecule has 0 saturated carbocycles. The average Bonchev–Trinajstić information content (AvgIpc) is 3.20. The second-order valence-electron chi connectivity index (χ2n) is 8.08. The number of ether oxygens (including phenoxy) is 5. The van der Waals surface area contributed by atoms with Crippen molar-refractivity contribution in [2.45, 2.75) is 71.1 Å². The molecule has 2 fully saturated rings. The van der Waals surface area contributed by atoms with Gasteiger partial charge in [-0.15, -0.1) is 0 Å². The fourth-order valence-corrected chi connectivity index (χ4v) is 5.68. The van der Waals surface area contributed by atoms with E-state index in [0.717, 1.165) is 0 Å². The van der Waals surface area contributed by atoms with E-state index in [1.54, 1.807) is 58.0 Å². The molecule has 1 aromatic carbocycles. The van der Waals surface area contributed by atoms with Crippen LogP contribution in [0.5, 0.6) is 0 Å². The lowest BCUT2D eigenvalue weighted by Gasteiger charge is -2.31. The number of carbonyl (C=O) groups excluding carboxylic acids is 2. The van der Waals surface area contributed by atoms with Gasteiger partial charge < -0.3 is 32.7 Å². The third kappa shape index (κ3) is 6.41. The molecule has 2 heterocycles. The zero-order valence-electron chi connectivity index (χ0n) is 19.4. The normalized spacial score (nSPS) is 27.1. The van der Waals surface area contributed by atoms with E-state index in [4.69, 9.17) is 32.7 Å². The van der Waals surface area contributed by atoms with Crippen LogP contribution < -0.4 is 0 Å². The molecule has 0 N–H and O–H groups in total. The summed E-state index contributed by atoms with van der Waals surface area (Å²) in [5.74, 6) is -2.21. The van der Waals surface area contributed by atoms with Crippen molar-refractivity contribution < 1.29 is 46.9 Å². The zero-order chi connectivity index (χ0) is 24.2. The Labute approximate surface area is 193 Å². The molecule has 0 radical (unpaired) electrons. The number of benzene rings is 1. The molecule has 2 saturated heterocycles. The standard InChI is InChI=1S/C22H31O10P/c1-6-26-33(25,27-7-2)13-16(28-14(3)23)17-18(19-21(30-17)32-22(4,5)31-19)29-20(24)15-11-9-8-10-12-15/h8-12,16-19,21H,6-7,13H2,1-5H3/t16-,17-,18-,19-,21-/m1/s1. The van der Waals surface area contributed by atoms with Crippen molar-refractivity contribution in [1.82, 2.24) is 0 Å². The van der Waals surface area contributed by atoms with Crippen LogP contribution in [0.4, 0.5) is 0 Å². The molecule has 184 valence electrons. The molecule has 11 heteroatoms. The largest absolute Gasteiger partial charge is 0.459 e. The quantitative estimate of drug-likeness (QED) is 0.360. The van der Waals surface area contributed by atoms with Crippen LogP contribution in [0.2, 0.25) is 0 Å². The Morgan fingerprint density at radius 3 is 2.30 bits per heavy atom. The Bertz CT molecular complexity index is 863. The van der Waals surface area contributed by atoms with Crippen LogP contribution in [0.15, 0.2) is 30.3 Å². The van der Waals surface area contributed by atoms with E-state index in [1.165, 1.54) is 6.92 Å². The molecule has 3 rings (SSSR count). The third-order valence-corrected chi connectivity index (χ3v) is 7.13. The molecule has 0 bridgehead atoms. The minimum atomic E-state index is -3.64. The number of hydrogen-bond acceptors (Lipinski definition) is 10. The highest BCUT2D eigenvalue weighted by Crippen LogP contribution is 2.51. The Morgan fingerprint density at radius 1 is 1.09 bits per heavy atom. The molecule has 0 aliphatic carbocycles. The van der Waals surface area contributed by atoms with E-state index in [1.807, 2.05) is 0 Å². The van der Waals surface area contributed by atoms with Crippen LogP contribution in [0, 0.1) is 0 Å². The topological polar surface area (TPSA) is 116 Å². The van der Waals surface area contributed by atoms with Gasteiger partial charge in [-0.2, -0.15) is 0 Å². The number of fused-ring (bicyclic) bond motifs is 1. The SMILES string of the molecule is CCOP(=O)(C[C@@H](OC(C)=O)[C@H]1O[C@@H]2OC(C)(C)O[C@@H]2[C@@H]1OC(=O)c1ccccc1)OCC. The van der Waals surface area contributed by atoms with Crippen LogP contribution >= 0.6 is 7.60 Å². The third-order valence-electron chi connectivity index (χ3n) is 5.02. The van der Waals surface area contributed by atoms with Crippen LogP contribution in [-0.4, -0.2) is 67.8 Å². The first-order valence-corrected chi connectivity index (χ1v) is 12.6. The van der Waals surface area contributed by atoms with Crippen molar-refractivity contribution in [2.24, 2.45) is 0 Å². The smallest absolute Gasteiger partial charge is 0.338 e. The van der Waals surface area contributed by atoms with E-state index in [0.29, 0.717) is 5.56 Å². The summed E-state index contributed by atoms with van der Waals surface area (Å²) in [6, 6.07) is 8.43. The summed E-state index contributed by atoms with van der Waals surface area (Å²) in [5.41, 5.74) is 0.330. The molecule has 5 atom stereocenters. The van der Waals surface area contributed by atoms with Gasteiger partial charge in [0.2, 0.25) is 0 Å². The molecule has 2 aliphatic heterocycles. The lowest BCUT2D eigenvalue weighted by Crippen LogP contribution is -2.46. The van der Waals surface area contributed by atoms with Crippen molar-refractivity contribution in [3.8, 4) is 0 Å². The van der Waals surface area contributed by atoms with Gasteiger partial charge in [0.25, 0.3) is 0 Å². The van der Waals surface area contributed by atoms with E-state index in [2.05, 4.69) is 0 Å². The van der Waals surface area contributed by atoms with E-state index in [-0.39, 0.29) is 19.4 Å². The van der Waals surface area contributed by atoms with E-state index < -0.39 is 56.0 Å². The Balaban J connectivity index is 1.90. The molecular formula is C22H31O10P. The van der Waals surface area contributed by atoms with Crippen molar-refractivity contribution in [2.75, 3.05) is 19.4 Å². The van der Waals surface area contributed by atoms with Crippen molar-refractivity contribution >= 4 is 19.5 Å². The number of rotatable bonds is 10. The van der Waals surface area contributed by atoms with Gasteiger partial charge in [0.05, 0.1) is 24.9 Å². The van der Waals surface area contributed by atoms with Gasteiger partial charge in [-0.1, -0.05) is 18.2 Å². The second-order valence-corrected chi connectivity index (χ2v) is 10.2. The molecule has 0 amide bonds. The summed E-state index contributed by atoms with van der Waals surface area (Å²) in [7, 11) is -3.64. The van der Waals surface area contributed by atoms with Crippen LogP contribution in [0.25, 0.3) is 0 Å². The van der Waals surface area contributed by atoms with Gasteiger partial charge in [0.1, 0.15) is 12.2 Å². The maximum absolute atomic E-state index is 13.2. The maximum atomic E-state index is 13.2. The van der Waals surface area contributed by atoms with Crippen LogP contribution in [-0.2, 0) is 42.1 Å². The van der Waals surface area contributed by atoms with E-state index >= 15 is 0 Å². The highest BCUT2D eigenvalue weighted by molar-refractivity contribution is 7.53. The molecule has 10 nitrogen and oxygen atoms in total. The predicted octanol–water partition coefficient (Wildman–Crippen LogP) is 3.29. The van der Waals surface area contributed by atoms with Gasteiger partial charge in [-0.05, 0) is 39.8 Å². The number of carbonyl (C=O) groups is 2. The molecule has 0 spiro atoms. The van der Waals surface area contributed by atoms with Crippen LogP contribution in [0.3, 0.4) is 0 Å². The first-order valence-electron chi connectivity index (χ1n) is 10.9. The summed E-state index contributed by atoms with van der Waals surface area (Å²) in [6.45, 7) is 8.26. The Kier molecular flexibility index (Phi) is 8.31. The lowest BCUT2D eigenvalue weighted by molar-refractivity contribution is -0.227. The summed E-state index contributed by atoms with van der Waals surface area (Å²) in [6.07, 6.45) is -5.10. The minimum absolute atomic E-state index is 0.133. The fraction of sp³-hybridized carbons (Fsp3) is 0.636. The molecule has 0 aromatic heterocycles. The summed E-state index contributed by atoms with van der Waals surface area (Å²) < 4.78 is 52.9. The van der Waals surface area contributed by atoms with Gasteiger partial charge >= 0.3 is 19.5 Å². The Hall–Kier alpha value is -1.81. The van der Waals surface area contributed by atoms with Crippen molar-refractivity contribution in [3.05, 3.63) is 35.9 Å². The Morgan fingerprint density at radius 2 is 1.73 bits per heavy atom. The zero-order valence-corrected chi connectivity index (χ0v) is 20.3. The average molecular weight is 486 g/mol. The summed E-state index contributed by atoms with van der Waals surface area (Å²) >= 11 is 0. The maximum Gasteiger partial charge on any atom is 0.338 e. The number of esters is 2. The predicted molar refractivity (Wildman–Crippen MR) is 116 cm³/mol. The summed E-state index contributed by atoms with van der Waals surface area (Å²) in [5, 5.41) is 0. The van der Waals surface area contributed by atoms with Crippen molar-refractivity contribution in [1.29, 1.82) is 0 Å². The highest BCUT2D eigenvalue weighted by atomic mass is 31.2. The second kappa shape index (κ2) is 10.6. The van der Waals surface area contributed by atoms with Gasteiger partial charge in [0, 0.05) is 6.92 Å². The van der Waals surface area contributed by atoms with Crippen LogP contribution in [0.1, 0.15) is 45.0 Å². The fourth-order valence-electron chi connectivity index (χ4n) is 3.88. The monoisotopic (exact) mass is 486 g/mol. The van der Waals surface area contributed by atoms with E-state index in [9.17, 15) is 14.2 Å².